The molecule has 156 valence electrons. The van der Waals surface area contributed by atoms with E-state index in [1.807, 2.05) is 4.90 Å². The molecule has 0 aliphatic carbocycles. The lowest BCUT2D eigenvalue weighted by molar-refractivity contribution is -0.274. The molecular formula is C18H16F3N7O2. The molecule has 9 nitrogen and oxygen atoms in total. The maximum absolute atomic E-state index is 12.3. The highest BCUT2D eigenvalue weighted by Crippen LogP contribution is 2.24. The average molecular weight is 419 g/mol. The van der Waals surface area contributed by atoms with Gasteiger partial charge in [-0.05, 0) is 17.7 Å². The van der Waals surface area contributed by atoms with Gasteiger partial charge in [-0.3, -0.25) is 4.79 Å². The van der Waals surface area contributed by atoms with E-state index in [2.05, 4.69) is 30.1 Å². The number of ether oxygens (including phenoxy) is 1. The van der Waals surface area contributed by atoms with Crippen LogP contribution in [0.4, 0.5) is 19.0 Å². The SMILES string of the molecule is O=C(NCc1ccc(OC(F)(F)F)cc1)C1CN(c2cc(-n3cncn3)ncn2)C1. The number of rotatable bonds is 6. The molecule has 1 aliphatic heterocycles. The first-order valence-corrected chi connectivity index (χ1v) is 8.92. The maximum atomic E-state index is 12.3. The van der Waals surface area contributed by atoms with E-state index in [1.165, 1.54) is 47.9 Å². The largest absolute Gasteiger partial charge is 0.573 e. The summed E-state index contributed by atoms with van der Waals surface area (Å²) in [6, 6.07) is 7.12. The number of aromatic nitrogens is 5. The Kier molecular flexibility index (Phi) is 5.21. The lowest BCUT2D eigenvalue weighted by Gasteiger charge is -2.39. The van der Waals surface area contributed by atoms with Crippen LogP contribution in [0.25, 0.3) is 5.82 Å². The summed E-state index contributed by atoms with van der Waals surface area (Å²) >= 11 is 0. The Balaban J connectivity index is 1.26. The van der Waals surface area contributed by atoms with Crippen LogP contribution >= 0.6 is 0 Å². The molecule has 12 heteroatoms. The first-order chi connectivity index (χ1) is 14.4. The van der Waals surface area contributed by atoms with E-state index in [4.69, 9.17) is 0 Å². The zero-order valence-corrected chi connectivity index (χ0v) is 15.5. The Morgan fingerprint density at radius 3 is 2.53 bits per heavy atom. The molecule has 0 bridgehead atoms. The van der Waals surface area contributed by atoms with Crippen molar-refractivity contribution in [2.45, 2.75) is 12.9 Å². The minimum absolute atomic E-state index is 0.132. The molecule has 0 unspecified atom stereocenters. The fourth-order valence-corrected chi connectivity index (χ4v) is 2.94. The molecule has 0 saturated carbocycles. The third-order valence-corrected chi connectivity index (χ3v) is 4.49. The first kappa shape index (κ1) is 19.6. The van der Waals surface area contributed by atoms with Gasteiger partial charge in [-0.1, -0.05) is 12.1 Å². The zero-order chi connectivity index (χ0) is 21.1. The summed E-state index contributed by atoms with van der Waals surface area (Å²) in [5.41, 5.74) is 0.669. The highest BCUT2D eigenvalue weighted by atomic mass is 19.4. The monoisotopic (exact) mass is 419 g/mol. The van der Waals surface area contributed by atoms with Crippen LogP contribution in [0.5, 0.6) is 5.75 Å². The molecule has 30 heavy (non-hydrogen) atoms. The molecule has 1 aromatic carbocycles. The topological polar surface area (TPSA) is 98.1 Å². The van der Waals surface area contributed by atoms with Crippen LogP contribution in [0.15, 0.2) is 49.3 Å². The van der Waals surface area contributed by atoms with Crippen molar-refractivity contribution in [1.29, 1.82) is 0 Å². The molecule has 3 heterocycles. The Hall–Kier alpha value is -3.70. The maximum Gasteiger partial charge on any atom is 0.573 e. The van der Waals surface area contributed by atoms with Crippen LogP contribution in [0.1, 0.15) is 5.56 Å². The molecule has 4 rings (SSSR count). The summed E-state index contributed by atoms with van der Waals surface area (Å²) in [7, 11) is 0. The number of hydrogen-bond acceptors (Lipinski definition) is 7. The van der Waals surface area contributed by atoms with Gasteiger partial charge in [0.25, 0.3) is 0 Å². The number of nitrogens with one attached hydrogen (secondary N) is 1. The van der Waals surface area contributed by atoms with Crippen LogP contribution < -0.4 is 15.0 Å². The van der Waals surface area contributed by atoms with Crippen molar-refractivity contribution in [3.63, 3.8) is 0 Å². The van der Waals surface area contributed by atoms with Gasteiger partial charge in [-0.25, -0.2) is 19.6 Å². The van der Waals surface area contributed by atoms with Gasteiger partial charge < -0.3 is 15.0 Å². The van der Waals surface area contributed by atoms with Gasteiger partial charge in [-0.2, -0.15) is 5.10 Å². The summed E-state index contributed by atoms with van der Waals surface area (Å²) < 4.78 is 41.9. The van der Waals surface area contributed by atoms with E-state index in [1.54, 1.807) is 6.07 Å². The quantitative estimate of drug-likeness (QED) is 0.650. The standard InChI is InChI=1S/C18H16F3N7O2/c19-18(20,21)30-14-3-1-12(2-4-14)6-23-17(29)13-7-27(8-13)15-5-16(25-10-24-15)28-11-22-9-26-28/h1-5,9-11,13H,6-8H2,(H,23,29). The second-order valence-electron chi connectivity index (χ2n) is 6.59. The van der Waals surface area contributed by atoms with Crippen molar-refractivity contribution < 1.29 is 22.7 Å². The van der Waals surface area contributed by atoms with E-state index < -0.39 is 6.36 Å². The second kappa shape index (κ2) is 7.97. The molecule has 1 fully saturated rings. The van der Waals surface area contributed by atoms with Crippen molar-refractivity contribution >= 4 is 11.7 Å². The number of carbonyl (C=O) groups is 1. The molecule has 1 amide bonds. The molecule has 0 atom stereocenters. The van der Waals surface area contributed by atoms with Crippen LogP contribution in [-0.2, 0) is 11.3 Å². The number of benzene rings is 1. The number of nitrogens with zero attached hydrogens (tertiary/aromatic N) is 6. The normalized spacial score (nSPS) is 14.3. The molecule has 1 aliphatic rings. The van der Waals surface area contributed by atoms with Crippen LogP contribution in [0.2, 0.25) is 0 Å². The minimum Gasteiger partial charge on any atom is -0.406 e. The third-order valence-electron chi connectivity index (χ3n) is 4.49. The Morgan fingerprint density at radius 1 is 1.13 bits per heavy atom. The lowest BCUT2D eigenvalue weighted by atomic mass is 9.99. The number of anilines is 1. The average Bonchev–Trinajstić information content (AvgIpc) is 3.20. The lowest BCUT2D eigenvalue weighted by Crippen LogP contribution is -2.54. The highest BCUT2D eigenvalue weighted by Gasteiger charge is 2.33. The number of amides is 1. The summed E-state index contributed by atoms with van der Waals surface area (Å²) in [6.45, 7) is 1.21. The van der Waals surface area contributed by atoms with Crippen LogP contribution in [0, 0.1) is 5.92 Å². The molecule has 0 radical (unpaired) electrons. The molecule has 2 aromatic heterocycles. The fraction of sp³-hybridized carbons (Fsp3) is 0.278. The van der Waals surface area contributed by atoms with E-state index in [0.717, 1.165) is 0 Å². The minimum atomic E-state index is -4.73. The van der Waals surface area contributed by atoms with Crippen molar-refractivity contribution in [3.8, 4) is 11.6 Å². The van der Waals surface area contributed by atoms with Gasteiger partial charge in [0.15, 0.2) is 5.82 Å². The first-order valence-electron chi connectivity index (χ1n) is 8.92. The number of carbonyl (C=O) groups excluding carboxylic acids is 1. The van der Waals surface area contributed by atoms with Gasteiger partial charge in [0.2, 0.25) is 5.91 Å². The van der Waals surface area contributed by atoms with Gasteiger partial charge in [0.05, 0.1) is 5.92 Å². The predicted molar refractivity (Wildman–Crippen MR) is 97.6 cm³/mol. The van der Waals surface area contributed by atoms with E-state index >= 15 is 0 Å². The van der Waals surface area contributed by atoms with E-state index in [-0.39, 0.29) is 24.1 Å². The van der Waals surface area contributed by atoms with Crippen molar-refractivity contribution in [1.82, 2.24) is 30.0 Å². The van der Waals surface area contributed by atoms with Crippen molar-refractivity contribution in [3.05, 3.63) is 54.9 Å². The molecular weight excluding hydrogens is 403 g/mol. The highest BCUT2D eigenvalue weighted by molar-refractivity contribution is 5.81. The zero-order valence-electron chi connectivity index (χ0n) is 15.5. The molecule has 0 spiro atoms. The fourth-order valence-electron chi connectivity index (χ4n) is 2.94. The van der Waals surface area contributed by atoms with Crippen LogP contribution in [0.3, 0.4) is 0 Å². The molecule has 1 N–H and O–H groups in total. The van der Waals surface area contributed by atoms with Gasteiger partial charge in [0, 0.05) is 25.7 Å². The number of alkyl halides is 3. The van der Waals surface area contributed by atoms with Gasteiger partial charge in [-0.15, -0.1) is 13.2 Å². The summed E-state index contributed by atoms with van der Waals surface area (Å²) in [5.74, 6) is 0.612. The third kappa shape index (κ3) is 4.64. The summed E-state index contributed by atoms with van der Waals surface area (Å²) in [6.07, 6.45) is -0.375. The Morgan fingerprint density at radius 2 is 1.87 bits per heavy atom. The Bertz CT molecular complexity index is 1000. The Labute approximate surface area is 168 Å². The second-order valence-corrected chi connectivity index (χ2v) is 6.59. The van der Waals surface area contributed by atoms with Gasteiger partial charge >= 0.3 is 6.36 Å². The molecule has 1 saturated heterocycles. The van der Waals surface area contributed by atoms with Crippen molar-refractivity contribution in [2.24, 2.45) is 5.92 Å². The number of hydrogen-bond donors (Lipinski definition) is 1. The summed E-state index contributed by atoms with van der Waals surface area (Å²) in [5, 5.41) is 6.81. The predicted octanol–water partition coefficient (Wildman–Crippen LogP) is 1.71. The smallest absolute Gasteiger partial charge is 0.406 e. The van der Waals surface area contributed by atoms with Crippen LogP contribution in [-0.4, -0.2) is 50.1 Å². The van der Waals surface area contributed by atoms with E-state index in [9.17, 15) is 18.0 Å². The van der Waals surface area contributed by atoms with Crippen molar-refractivity contribution in [2.75, 3.05) is 18.0 Å². The summed E-state index contributed by atoms with van der Waals surface area (Å²) in [4.78, 5) is 26.5. The molecule has 3 aromatic rings. The van der Waals surface area contributed by atoms with Gasteiger partial charge in [0.1, 0.15) is 30.5 Å². The number of halogens is 3. The van der Waals surface area contributed by atoms with E-state index in [0.29, 0.717) is 30.3 Å².